The minimum Gasteiger partial charge on any atom is -0.480 e. The van der Waals surface area contributed by atoms with Crippen molar-refractivity contribution in [2.75, 3.05) is 13.2 Å². The molecule has 2 fully saturated rings. The molecule has 0 radical (unpaired) electrons. The highest BCUT2D eigenvalue weighted by molar-refractivity contribution is 5.86. The number of fused-ring (bicyclic) bond motifs is 3. The summed E-state index contributed by atoms with van der Waals surface area (Å²) in [4.78, 5) is 39.4. The van der Waals surface area contributed by atoms with Crippen LogP contribution in [-0.4, -0.2) is 53.2 Å². The van der Waals surface area contributed by atoms with E-state index in [2.05, 4.69) is 29.6 Å². The number of carbonyl (C=O) groups is 3. The van der Waals surface area contributed by atoms with Crippen molar-refractivity contribution in [3.05, 3.63) is 59.7 Å². The number of rotatable bonds is 5. The van der Waals surface area contributed by atoms with Crippen LogP contribution in [0.15, 0.2) is 48.5 Å². The summed E-state index contributed by atoms with van der Waals surface area (Å²) in [5, 5.41) is 12.5. The summed E-state index contributed by atoms with van der Waals surface area (Å²) in [7, 11) is 0. The zero-order chi connectivity index (χ0) is 24.4. The van der Waals surface area contributed by atoms with Crippen molar-refractivity contribution in [3.63, 3.8) is 0 Å². The second kappa shape index (κ2) is 10.1. The predicted molar refractivity (Wildman–Crippen MR) is 131 cm³/mol. The third-order valence-electron chi connectivity index (χ3n) is 7.80. The summed E-state index contributed by atoms with van der Waals surface area (Å²) >= 11 is 0. The molecule has 184 valence electrons. The molecule has 1 saturated carbocycles. The van der Waals surface area contributed by atoms with Crippen molar-refractivity contribution < 1.29 is 24.2 Å². The highest BCUT2D eigenvalue weighted by atomic mass is 16.5. The standard InChI is InChI=1S/C28H32N2O5/c31-26(30-16-8-15-25(30)27(32)33)22-13-2-1-3-14-24(22)29-28(34)35-17-23-20-11-6-4-9-18(20)19-10-5-7-12-21(19)23/h4-7,9-12,22-25H,1-3,8,13-17H2,(H,29,34)(H,32,33). The fourth-order valence-corrected chi connectivity index (χ4v) is 6.07. The Bertz CT molecular complexity index is 1070. The maximum atomic E-state index is 13.4. The van der Waals surface area contributed by atoms with Crippen LogP contribution in [0.1, 0.15) is 62.0 Å². The molecular weight excluding hydrogens is 444 g/mol. The molecule has 1 aliphatic heterocycles. The van der Waals surface area contributed by atoms with Crippen LogP contribution in [-0.2, 0) is 14.3 Å². The van der Waals surface area contributed by atoms with Crippen LogP contribution in [0, 0.1) is 5.92 Å². The number of carbonyl (C=O) groups excluding carboxylic acids is 2. The quantitative estimate of drug-likeness (QED) is 0.618. The van der Waals surface area contributed by atoms with Gasteiger partial charge in [-0.1, -0.05) is 67.8 Å². The van der Waals surface area contributed by atoms with Crippen molar-refractivity contribution >= 4 is 18.0 Å². The molecule has 35 heavy (non-hydrogen) atoms. The Kier molecular flexibility index (Phi) is 6.75. The number of ether oxygens (including phenoxy) is 1. The van der Waals surface area contributed by atoms with E-state index in [1.807, 2.05) is 24.3 Å². The molecule has 0 aromatic heterocycles. The van der Waals surface area contributed by atoms with E-state index in [0.29, 0.717) is 32.2 Å². The first-order chi connectivity index (χ1) is 17.0. The molecule has 0 bridgehead atoms. The molecule has 7 heteroatoms. The molecule has 5 rings (SSSR count). The first kappa shape index (κ1) is 23.4. The van der Waals surface area contributed by atoms with E-state index >= 15 is 0 Å². The lowest BCUT2D eigenvalue weighted by atomic mass is 9.93. The van der Waals surface area contributed by atoms with Crippen molar-refractivity contribution in [2.45, 2.75) is 62.9 Å². The molecule has 1 heterocycles. The van der Waals surface area contributed by atoms with Crippen LogP contribution in [0.5, 0.6) is 0 Å². The third kappa shape index (κ3) is 4.64. The maximum Gasteiger partial charge on any atom is 0.407 e. The van der Waals surface area contributed by atoms with E-state index in [-0.39, 0.29) is 24.5 Å². The van der Waals surface area contributed by atoms with Crippen molar-refractivity contribution in [1.29, 1.82) is 0 Å². The fourth-order valence-electron chi connectivity index (χ4n) is 6.07. The number of hydrogen-bond acceptors (Lipinski definition) is 4. The number of likely N-dealkylation sites (tertiary alicyclic amines) is 1. The fraction of sp³-hybridized carbons (Fsp3) is 0.464. The Labute approximate surface area is 205 Å². The van der Waals surface area contributed by atoms with Crippen LogP contribution in [0.25, 0.3) is 11.1 Å². The zero-order valence-corrected chi connectivity index (χ0v) is 19.8. The highest BCUT2D eigenvalue weighted by Gasteiger charge is 2.40. The number of nitrogens with zero attached hydrogens (tertiary/aromatic N) is 1. The summed E-state index contributed by atoms with van der Waals surface area (Å²) in [6.07, 6.45) is 4.80. The molecular formula is C28H32N2O5. The lowest BCUT2D eigenvalue weighted by molar-refractivity contribution is -0.150. The van der Waals surface area contributed by atoms with Gasteiger partial charge >= 0.3 is 12.1 Å². The molecule has 2 N–H and O–H groups in total. The number of nitrogens with one attached hydrogen (secondary N) is 1. The molecule has 2 aromatic carbocycles. The Hall–Kier alpha value is -3.35. The summed E-state index contributed by atoms with van der Waals surface area (Å²) < 4.78 is 5.73. The van der Waals surface area contributed by atoms with Gasteiger partial charge in [-0.25, -0.2) is 9.59 Å². The molecule has 3 unspecified atom stereocenters. The molecule has 7 nitrogen and oxygen atoms in total. The van der Waals surface area contributed by atoms with Gasteiger partial charge in [0.15, 0.2) is 0 Å². The van der Waals surface area contributed by atoms with Crippen LogP contribution in [0.2, 0.25) is 0 Å². The van der Waals surface area contributed by atoms with Crippen LogP contribution in [0.3, 0.4) is 0 Å². The van der Waals surface area contributed by atoms with Gasteiger partial charge in [-0.05, 0) is 47.9 Å². The molecule has 2 aromatic rings. The second-order valence-corrected chi connectivity index (χ2v) is 9.85. The van der Waals surface area contributed by atoms with Gasteiger partial charge in [0.25, 0.3) is 0 Å². The Balaban J connectivity index is 1.26. The van der Waals surface area contributed by atoms with Crippen LogP contribution >= 0.6 is 0 Å². The maximum absolute atomic E-state index is 13.4. The first-order valence-electron chi connectivity index (χ1n) is 12.7. The van der Waals surface area contributed by atoms with E-state index in [1.54, 1.807) is 0 Å². The monoisotopic (exact) mass is 476 g/mol. The molecule has 3 atom stereocenters. The Morgan fingerprint density at radius 3 is 2.23 bits per heavy atom. The number of hydrogen-bond donors (Lipinski definition) is 2. The van der Waals surface area contributed by atoms with Crippen LogP contribution in [0.4, 0.5) is 4.79 Å². The first-order valence-corrected chi connectivity index (χ1v) is 12.7. The van der Waals surface area contributed by atoms with Gasteiger partial charge in [-0.3, -0.25) is 4.79 Å². The summed E-state index contributed by atoms with van der Waals surface area (Å²) in [6, 6.07) is 15.3. The van der Waals surface area contributed by atoms with Crippen LogP contribution < -0.4 is 5.32 Å². The number of carboxylic acid groups (broad SMARTS) is 1. The minimum atomic E-state index is -0.953. The number of aliphatic carboxylic acids is 1. The zero-order valence-electron chi connectivity index (χ0n) is 19.8. The summed E-state index contributed by atoms with van der Waals surface area (Å²) in [6.45, 7) is 0.683. The smallest absolute Gasteiger partial charge is 0.407 e. The SMILES string of the molecule is O=C(NC1CCCCCC1C(=O)N1CCCC1C(=O)O)OCC1c2ccccc2-c2ccccc21. The average molecular weight is 477 g/mol. The number of amides is 2. The number of alkyl carbamates (subject to hydrolysis) is 1. The van der Waals surface area contributed by atoms with Gasteiger partial charge in [-0.2, -0.15) is 0 Å². The lowest BCUT2D eigenvalue weighted by Crippen LogP contribution is -2.50. The lowest BCUT2D eigenvalue weighted by Gasteiger charge is -2.31. The minimum absolute atomic E-state index is 0.0272. The normalized spacial score (nSPS) is 23.8. The second-order valence-electron chi connectivity index (χ2n) is 9.85. The summed E-state index contributed by atoms with van der Waals surface area (Å²) in [5.41, 5.74) is 4.64. The topological polar surface area (TPSA) is 95.9 Å². The van der Waals surface area contributed by atoms with E-state index in [4.69, 9.17) is 4.74 Å². The highest BCUT2D eigenvalue weighted by Crippen LogP contribution is 2.44. The van der Waals surface area contributed by atoms with E-state index in [9.17, 15) is 19.5 Å². The van der Waals surface area contributed by atoms with Gasteiger partial charge in [0.1, 0.15) is 12.6 Å². The molecule has 1 saturated heterocycles. The third-order valence-corrected chi connectivity index (χ3v) is 7.80. The summed E-state index contributed by atoms with van der Waals surface area (Å²) in [5.74, 6) is -1.55. The Morgan fingerprint density at radius 2 is 1.54 bits per heavy atom. The van der Waals surface area contributed by atoms with Crippen molar-refractivity contribution in [2.24, 2.45) is 5.92 Å². The Morgan fingerprint density at radius 1 is 0.886 bits per heavy atom. The molecule has 2 aliphatic carbocycles. The van der Waals surface area contributed by atoms with Gasteiger partial charge in [0.05, 0.1) is 5.92 Å². The van der Waals surface area contributed by atoms with E-state index < -0.39 is 24.0 Å². The largest absolute Gasteiger partial charge is 0.480 e. The van der Waals surface area contributed by atoms with E-state index in [0.717, 1.165) is 30.4 Å². The molecule has 2 amide bonds. The number of carboxylic acids is 1. The molecule has 0 spiro atoms. The van der Waals surface area contributed by atoms with Crippen molar-refractivity contribution in [3.8, 4) is 11.1 Å². The molecule has 3 aliphatic rings. The van der Waals surface area contributed by atoms with E-state index in [1.165, 1.54) is 16.0 Å². The van der Waals surface area contributed by atoms with Gasteiger partial charge < -0.3 is 20.1 Å². The van der Waals surface area contributed by atoms with Crippen molar-refractivity contribution in [1.82, 2.24) is 10.2 Å². The predicted octanol–water partition coefficient (Wildman–Crippen LogP) is 4.55. The van der Waals surface area contributed by atoms with Gasteiger partial charge in [0, 0.05) is 18.5 Å². The van der Waals surface area contributed by atoms with Gasteiger partial charge in [-0.15, -0.1) is 0 Å². The number of benzene rings is 2. The average Bonchev–Trinajstić information content (AvgIpc) is 3.40. The van der Waals surface area contributed by atoms with Gasteiger partial charge in [0.2, 0.25) is 5.91 Å².